The zero-order valence-electron chi connectivity index (χ0n) is 14.2. The summed E-state index contributed by atoms with van der Waals surface area (Å²) in [5.74, 6) is 0. The van der Waals surface area contributed by atoms with Gasteiger partial charge in [0, 0.05) is 24.2 Å². The molecule has 0 saturated heterocycles. The largest absolute Gasteiger partial charge is 0.352 e. The van der Waals surface area contributed by atoms with Crippen molar-refractivity contribution in [1.29, 1.82) is 0 Å². The average Bonchev–Trinajstić information content (AvgIpc) is 2.61. The molecule has 2 aromatic heterocycles. The Morgan fingerprint density at radius 2 is 1.88 bits per heavy atom. The van der Waals surface area contributed by atoms with E-state index in [-0.39, 0.29) is 0 Å². The highest BCUT2D eigenvalue weighted by Gasteiger charge is 2.10. The van der Waals surface area contributed by atoms with Gasteiger partial charge in [0.25, 0.3) is 0 Å². The van der Waals surface area contributed by atoms with Gasteiger partial charge in [-0.25, -0.2) is 0 Å². The summed E-state index contributed by atoms with van der Waals surface area (Å²) in [5.41, 5.74) is 7.55. The first-order valence-electron chi connectivity index (χ1n) is 8.42. The number of unbranched alkanes of at least 4 members (excludes halogenated alkanes) is 1. The standard InChI is InChI=1S/C21H22N2S/c1-3-4-5-17-12-16(18-7-9-21(24)23-13-18)6-8-19(17)20-14-22-11-10-15(20)2/h6-14H,3-5H2,1-2H3,(H,23,24). The van der Waals surface area contributed by atoms with Crippen LogP contribution in [0.4, 0.5) is 0 Å². The van der Waals surface area contributed by atoms with E-state index in [2.05, 4.69) is 54.1 Å². The van der Waals surface area contributed by atoms with Crippen LogP contribution in [0, 0.1) is 11.6 Å². The van der Waals surface area contributed by atoms with E-state index >= 15 is 0 Å². The fourth-order valence-corrected chi connectivity index (χ4v) is 3.07. The van der Waals surface area contributed by atoms with Crippen molar-refractivity contribution in [3.63, 3.8) is 0 Å². The van der Waals surface area contributed by atoms with Crippen LogP contribution in [0.2, 0.25) is 0 Å². The van der Waals surface area contributed by atoms with Crippen LogP contribution in [0.3, 0.4) is 0 Å². The molecule has 0 aliphatic rings. The van der Waals surface area contributed by atoms with E-state index in [1.807, 2.05) is 24.7 Å². The molecule has 0 radical (unpaired) electrons. The summed E-state index contributed by atoms with van der Waals surface area (Å²) >= 11 is 5.14. The van der Waals surface area contributed by atoms with Crippen molar-refractivity contribution in [2.24, 2.45) is 0 Å². The van der Waals surface area contributed by atoms with Gasteiger partial charge >= 0.3 is 0 Å². The van der Waals surface area contributed by atoms with Gasteiger partial charge in [-0.2, -0.15) is 0 Å². The number of nitrogens with one attached hydrogen (secondary N) is 1. The van der Waals surface area contributed by atoms with Crippen LogP contribution in [-0.2, 0) is 6.42 Å². The topological polar surface area (TPSA) is 28.7 Å². The minimum absolute atomic E-state index is 0.757. The maximum atomic E-state index is 5.14. The maximum Gasteiger partial charge on any atom is 0.103 e. The highest BCUT2D eigenvalue weighted by molar-refractivity contribution is 7.71. The lowest BCUT2D eigenvalue weighted by molar-refractivity contribution is 0.796. The number of aryl methyl sites for hydroxylation is 2. The molecule has 3 heteroatoms. The average molecular weight is 334 g/mol. The van der Waals surface area contributed by atoms with Gasteiger partial charge < -0.3 is 4.98 Å². The fraction of sp³-hybridized carbons (Fsp3) is 0.238. The number of hydrogen-bond acceptors (Lipinski definition) is 2. The molecule has 0 fully saturated rings. The molecule has 122 valence electrons. The second kappa shape index (κ2) is 7.54. The summed E-state index contributed by atoms with van der Waals surface area (Å²) in [5, 5.41) is 0. The molecule has 0 spiro atoms. The summed E-state index contributed by atoms with van der Waals surface area (Å²) in [6.45, 7) is 4.38. The van der Waals surface area contributed by atoms with Crippen LogP contribution in [0.5, 0.6) is 0 Å². The summed E-state index contributed by atoms with van der Waals surface area (Å²) < 4.78 is 0.757. The second-order valence-corrected chi connectivity index (χ2v) is 6.55. The third-order valence-electron chi connectivity index (χ3n) is 4.35. The van der Waals surface area contributed by atoms with Crippen molar-refractivity contribution in [3.8, 4) is 22.3 Å². The highest BCUT2D eigenvalue weighted by atomic mass is 32.1. The lowest BCUT2D eigenvalue weighted by atomic mass is 9.92. The van der Waals surface area contributed by atoms with E-state index in [0.29, 0.717) is 0 Å². The molecule has 0 atom stereocenters. The smallest absolute Gasteiger partial charge is 0.103 e. The molecule has 1 N–H and O–H groups in total. The van der Waals surface area contributed by atoms with E-state index in [1.54, 1.807) is 0 Å². The number of pyridine rings is 2. The van der Waals surface area contributed by atoms with Gasteiger partial charge in [-0.15, -0.1) is 0 Å². The molecule has 0 amide bonds. The molecular weight excluding hydrogens is 312 g/mol. The van der Waals surface area contributed by atoms with Gasteiger partial charge in [0.1, 0.15) is 4.64 Å². The number of hydrogen-bond donors (Lipinski definition) is 1. The van der Waals surface area contributed by atoms with Gasteiger partial charge in [-0.05, 0) is 65.8 Å². The minimum Gasteiger partial charge on any atom is -0.352 e. The summed E-state index contributed by atoms with van der Waals surface area (Å²) in [6.07, 6.45) is 9.26. The van der Waals surface area contributed by atoms with Crippen LogP contribution in [0.15, 0.2) is 55.0 Å². The molecule has 0 unspecified atom stereocenters. The molecule has 24 heavy (non-hydrogen) atoms. The van der Waals surface area contributed by atoms with Gasteiger partial charge in [-0.3, -0.25) is 4.98 Å². The van der Waals surface area contributed by atoms with Crippen molar-refractivity contribution < 1.29 is 0 Å². The Morgan fingerprint density at radius 3 is 2.58 bits per heavy atom. The Morgan fingerprint density at radius 1 is 1.04 bits per heavy atom. The number of aromatic amines is 1. The third kappa shape index (κ3) is 3.62. The number of rotatable bonds is 5. The Kier molecular flexibility index (Phi) is 5.21. The van der Waals surface area contributed by atoms with Gasteiger partial charge in [0.2, 0.25) is 0 Å². The van der Waals surface area contributed by atoms with E-state index in [9.17, 15) is 0 Å². The Balaban J connectivity index is 2.08. The fourth-order valence-electron chi connectivity index (χ4n) is 2.95. The lowest BCUT2D eigenvalue weighted by Crippen LogP contribution is -1.94. The molecule has 2 nitrogen and oxygen atoms in total. The molecule has 2 heterocycles. The molecule has 0 saturated carbocycles. The third-order valence-corrected chi connectivity index (χ3v) is 4.61. The van der Waals surface area contributed by atoms with Crippen molar-refractivity contribution in [2.45, 2.75) is 33.1 Å². The van der Waals surface area contributed by atoms with Crippen molar-refractivity contribution in [2.75, 3.05) is 0 Å². The van der Waals surface area contributed by atoms with Crippen molar-refractivity contribution in [1.82, 2.24) is 9.97 Å². The maximum absolute atomic E-state index is 5.14. The molecule has 3 aromatic rings. The summed E-state index contributed by atoms with van der Waals surface area (Å²) in [4.78, 5) is 7.44. The van der Waals surface area contributed by atoms with E-state index in [0.717, 1.165) is 16.6 Å². The lowest BCUT2D eigenvalue weighted by Gasteiger charge is -2.14. The monoisotopic (exact) mass is 334 g/mol. The highest BCUT2D eigenvalue weighted by Crippen LogP contribution is 2.31. The Bertz CT molecular complexity index is 876. The quantitative estimate of drug-likeness (QED) is 0.569. The molecule has 0 aliphatic heterocycles. The first kappa shape index (κ1) is 16.6. The number of aromatic nitrogens is 2. The molecule has 3 rings (SSSR count). The van der Waals surface area contributed by atoms with Crippen LogP contribution < -0.4 is 0 Å². The van der Waals surface area contributed by atoms with Crippen LogP contribution in [0.1, 0.15) is 30.9 Å². The number of benzene rings is 1. The zero-order chi connectivity index (χ0) is 16.9. The number of H-pyrrole nitrogens is 1. The first-order chi connectivity index (χ1) is 11.7. The van der Waals surface area contributed by atoms with Crippen LogP contribution >= 0.6 is 12.2 Å². The molecule has 0 aliphatic carbocycles. The normalized spacial score (nSPS) is 10.8. The second-order valence-electron chi connectivity index (χ2n) is 6.11. The zero-order valence-corrected chi connectivity index (χ0v) is 15.0. The SMILES string of the molecule is CCCCc1cc(-c2ccc(=S)[nH]c2)ccc1-c1cnccc1C. The Hall–Kier alpha value is -2.26. The van der Waals surface area contributed by atoms with E-state index < -0.39 is 0 Å². The predicted molar refractivity (Wildman–Crippen MR) is 104 cm³/mol. The van der Waals surface area contributed by atoms with E-state index in [4.69, 9.17) is 12.2 Å². The Labute approximate surface area is 148 Å². The van der Waals surface area contributed by atoms with Gasteiger partial charge in [-0.1, -0.05) is 43.8 Å². The van der Waals surface area contributed by atoms with E-state index in [1.165, 1.54) is 40.7 Å². The van der Waals surface area contributed by atoms with Crippen LogP contribution in [-0.4, -0.2) is 9.97 Å². The van der Waals surface area contributed by atoms with Crippen LogP contribution in [0.25, 0.3) is 22.3 Å². The number of nitrogens with zero attached hydrogens (tertiary/aromatic N) is 1. The van der Waals surface area contributed by atoms with Crippen molar-refractivity contribution in [3.05, 3.63) is 70.8 Å². The molecule has 1 aromatic carbocycles. The first-order valence-corrected chi connectivity index (χ1v) is 8.83. The molecule has 0 bridgehead atoms. The van der Waals surface area contributed by atoms with Gasteiger partial charge in [0.15, 0.2) is 0 Å². The summed E-state index contributed by atoms with van der Waals surface area (Å²) in [6, 6.07) is 12.8. The minimum atomic E-state index is 0.757. The summed E-state index contributed by atoms with van der Waals surface area (Å²) in [7, 11) is 0. The van der Waals surface area contributed by atoms with Crippen molar-refractivity contribution >= 4 is 12.2 Å². The molecular formula is C21H22N2S. The van der Waals surface area contributed by atoms with Gasteiger partial charge in [0.05, 0.1) is 0 Å². The predicted octanol–water partition coefficient (Wildman–Crippen LogP) is 6.12.